The second kappa shape index (κ2) is 14.2. The summed E-state index contributed by atoms with van der Waals surface area (Å²) in [4.78, 5) is 0. The third kappa shape index (κ3) is 7.66. The van der Waals surface area contributed by atoms with E-state index in [0.29, 0.717) is 0 Å². The molecule has 4 aromatic rings. The van der Waals surface area contributed by atoms with Gasteiger partial charge in [-0.05, 0) is 41.7 Å². The maximum atomic E-state index is 3.70. The summed E-state index contributed by atoms with van der Waals surface area (Å²) in [6, 6.07) is 29.9. The summed E-state index contributed by atoms with van der Waals surface area (Å²) >= 11 is 7.10. The fourth-order valence-corrected chi connectivity index (χ4v) is 6.66. The summed E-state index contributed by atoms with van der Waals surface area (Å²) in [6.45, 7) is 16.1. The summed E-state index contributed by atoms with van der Waals surface area (Å²) in [5, 5.41) is 0. The molecule has 6 rings (SSSR count). The van der Waals surface area contributed by atoms with Gasteiger partial charge in [0.05, 0.1) is 0 Å². The summed E-state index contributed by atoms with van der Waals surface area (Å²) in [5.74, 6) is 0. The maximum absolute atomic E-state index is 3.70. The van der Waals surface area contributed by atoms with Crippen molar-refractivity contribution in [2.75, 3.05) is 0 Å². The van der Waals surface area contributed by atoms with Gasteiger partial charge in [0.2, 0.25) is 0 Å². The van der Waals surface area contributed by atoms with Crippen LogP contribution in [-0.2, 0) is 43.5 Å². The number of benzene rings is 4. The van der Waals surface area contributed by atoms with Gasteiger partial charge in [-0.15, -0.1) is 22.8 Å². The predicted octanol–water partition coefficient (Wildman–Crippen LogP) is 12.3. The molecule has 3 heteroatoms. The van der Waals surface area contributed by atoms with Crippen molar-refractivity contribution in [3.05, 3.63) is 157 Å². The first-order chi connectivity index (χ1) is 20.4. The van der Waals surface area contributed by atoms with Crippen LogP contribution in [0.4, 0.5) is 0 Å². The van der Waals surface area contributed by atoms with Crippen molar-refractivity contribution >= 4 is 37.4 Å². The van der Waals surface area contributed by atoms with Crippen LogP contribution in [0.15, 0.2) is 106 Å². The Labute approximate surface area is 301 Å². The molecule has 0 fully saturated rings. The van der Waals surface area contributed by atoms with E-state index in [1.807, 2.05) is 24.3 Å². The van der Waals surface area contributed by atoms with Crippen molar-refractivity contribution in [1.29, 1.82) is 0 Å². The van der Waals surface area contributed by atoms with Gasteiger partial charge < -0.3 is 0 Å². The number of hydrogen-bond acceptors (Lipinski definition) is 0. The first kappa shape index (κ1) is 34.8. The van der Waals surface area contributed by atoms with E-state index < -0.39 is 0 Å². The van der Waals surface area contributed by atoms with Crippen molar-refractivity contribution < 1.29 is 26.2 Å². The van der Waals surface area contributed by atoms with Crippen LogP contribution in [0.5, 0.6) is 0 Å². The second-order valence-corrected chi connectivity index (χ2v) is 15.0. The first-order valence-electron chi connectivity index (χ1n) is 15.1. The van der Waals surface area contributed by atoms with Gasteiger partial charge in [-0.3, -0.25) is 0 Å². The number of allylic oxidation sites excluding steroid dienone is 5. The van der Waals surface area contributed by atoms with Crippen LogP contribution in [0.3, 0.4) is 0 Å². The minimum absolute atomic E-state index is 0. The average molecular weight is 784 g/mol. The van der Waals surface area contributed by atoms with Gasteiger partial charge in [0.15, 0.2) is 0 Å². The van der Waals surface area contributed by atoms with Gasteiger partial charge >= 0.3 is 26.2 Å². The molecule has 0 saturated heterocycles. The van der Waals surface area contributed by atoms with Crippen LogP contribution < -0.4 is 0 Å². The Kier molecular flexibility index (Phi) is 11.2. The number of aryl methyl sites for hydroxylation is 1. The third-order valence-electron chi connectivity index (χ3n) is 8.70. The quantitative estimate of drug-likeness (QED) is 0.159. The fourth-order valence-electron chi connectivity index (χ4n) is 5.86. The fraction of sp³-hybridized carbons (Fsp3) is 0.268. The molecule has 0 unspecified atom stereocenters. The molecule has 0 N–H and O–H groups in total. The zero-order valence-electron chi connectivity index (χ0n) is 26.8. The van der Waals surface area contributed by atoms with Crippen molar-refractivity contribution in [2.24, 2.45) is 0 Å². The Morgan fingerprint density at radius 2 is 1.45 bits per heavy atom. The van der Waals surface area contributed by atoms with E-state index in [-0.39, 0.29) is 37.0 Å². The normalized spacial score (nSPS) is 13.2. The first-order valence-corrected chi connectivity index (χ1v) is 16.7. The Balaban J connectivity index is 0.000000198. The van der Waals surface area contributed by atoms with Gasteiger partial charge in [-0.25, -0.2) is 0 Å². The zero-order chi connectivity index (χ0) is 30.9. The number of halogens is 2. The van der Waals surface area contributed by atoms with E-state index in [0.717, 1.165) is 27.4 Å². The molecule has 0 nitrogen and oxygen atoms in total. The summed E-state index contributed by atoms with van der Waals surface area (Å²) in [6.07, 6.45) is 11.5. The Bertz CT molecular complexity index is 1700. The van der Waals surface area contributed by atoms with Gasteiger partial charge in [-0.2, -0.15) is 41.5 Å². The molecule has 0 radical (unpaired) electrons. The van der Waals surface area contributed by atoms with Crippen LogP contribution in [0, 0.1) is 19.1 Å². The van der Waals surface area contributed by atoms with Gasteiger partial charge in [-0.1, -0.05) is 162 Å². The molecule has 4 aromatic carbocycles. The molecular weight excluding hydrogens is 743 g/mol. The zero-order valence-corrected chi connectivity index (χ0v) is 32.5. The molecule has 44 heavy (non-hydrogen) atoms. The van der Waals surface area contributed by atoms with Crippen molar-refractivity contribution in [1.82, 2.24) is 0 Å². The van der Waals surface area contributed by atoms with Crippen LogP contribution in [-0.4, -0.2) is 0 Å². The van der Waals surface area contributed by atoms with E-state index >= 15 is 0 Å². The number of rotatable bonds is 4. The molecule has 0 aliphatic heterocycles. The van der Waals surface area contributed by atoms with E-state index in [1.165, 1.54) is 55.6 Å². The van der Waals surface area contributed by atoms with Gasteiger partial charge in [0, 0.05) is 8.95 Å². The smallest absolute Gasteiger partial charge is 0.177 e. The Hall–Kier alpha value is -2.06. The van der Waals surface area contributed by atoms with Gasteiger partial charge in [0.1, 0.15) is 0 Å². The molecule has 0 amide bonds. The molecule has 0 spiro atoms. The number of fused-ring (bicyclic) bond motifs is 3. The van der Waals surface area contributed by atoms with E-state index in [9.17, 15) is 0 Å². The molecule has 0 saturated carbocycles. The summed E-state index contributed by atoms with van der Waals surface area (Å²) in [7, 11) is 0. The van der Waals surface area contributed by atoms with E-state index in [4.69, 9.17) is 0 Å². The van der Waals surface area contributed by atoms with Crippen LogP contribution >= 0.6 is 31.9 Å². The molecule has 2 aliphatic carbocycles. The molecular formula is C41H40Br2Zr. The van der Waals surface area contributed by atoms with Crippen molar-refractivity contribution in [2.45, 2.75) is 72.1 Å². The second-order valence-electron chi connectivity index (χ2n) is 13.2. The van der Waals surface area contributed by atoms with Gasteiger partial charge in [0.25, 0.3) is 0 Å². The standard InChI is InChI=1S/C23H29.C18H11Br2.Zr/c1-8-23(6,7)21-14-20-17(11-15(21)2)12-16-9-10-18(13-19(16)20)22(3,4)5;19-16-9-3-7-14(11-16)18(13-5-1-2-6-13)15-8-4-10-17(20)12-15;/h9-10,13-14H,8,12H2,1-7H3;1-5,7-12H;/q2*-1;+2. The Morgan fingerprint density at radius 1 is 0.818 bits per heavy atom. The predicted molar refractivity (Wildman–Crippen MR) is 192 cm³/mol. The summed E-state index contributed by atoms with van der Waals surface area (Å²) in [5.41, 5.74) is 14.9. The van der Waals surface area contributed by atoms with Crippen molar-refractivity contribution in [3.8, 4) is 11.1 Å². The average Bonchev–Trinajstić information content (AvgIpc) is 3.60. The van der Waals surface area contributed by atoms with Crippen LogP contribution in [0.25, 0.3) is 16.7 Å². The molecule has 0 aromatic heterocycles. The summed E-state index contributed by atoms with van der Waals surface area (Å²) < 4.78 is 2.16. The Morgan fingerprint density at radius 3 is 1.98 bits per heavy atom. The van der Waals surface area contributed by atoms with Crippen molar-refractivity contribution in [3.63, 3.8) is 0 Å². The van der Waals surface area contributed by atoms with E-state index in [2.05, 4.69) is 159 Å². The monoisotopic (exact) mass is 780 g/mol. The minimum atomic E-state index is 0. The number of hydrogen-bond donors (Lipinski definition) is 0. The molecule has 222 valence electrons. The van der Waals surface area contributed by atoms with Crippen LogP contribution in [0.1, 0.15) is 86.9 Å². The maximum Gasteiger partial charge on any atom is 2.00 e. The largest absolute Gasteiger partial charge is 2.00 e. The van der Waals surface area contributed by atoms with Crippen LogP contribution in [0.2, 0.25) is 0 Å². The van der Waals surface area contributed by atoms with E-state index in [1.54, 1.807) is 0 Å². The molecule has 0 heterocycles. The minimum Gasteiger partial charge on any atom is -0.177 e. The third-order valence-corrected chi connectivity index (χ3v) is 9.68. The topological polar surface area (TPSA) is 0 Å². The molecule has 0 bridgehead atoms. The molecule has 2 aliphatic rings. The SMILES string of the molecule is Brc1cccc(C(=C2[C-]=CC=C2)c2cccc(Br)c2)c1.CCC(C)(C)c1cc2c([c-]c1C)Cc1ccc(C(C)(C)C)cc1-2.[Zr+2]. The molecule has 0 atom stereocenters.